The number of nitrogens with zero attached hydrogens (tertiary/aromatic N) is 1. The van der Waals surface area contributed by atoms with Crippen LogP contribution in [0.25, 0.3) is 0 Å². The summed E-state index contributed by atoms with van der Waals surface area (Å²) in [6.45, 7) is 0.621. The van der Waals surface area contributed by atoms with Crippen molar-refractivity contribution in [3.05, 3.63) is 24.0 Å². The first-order valence-corrected chi connectivity index (χ1v) is 7.38. The summed E-state index contributed by atoms with van der Waals surface area (Å²) in [7, 11) is 2.00. The molecule has 2 fully saturated rings. The summed E-state index contributed by atoms with van der Waals surface area (Å²) in [5, 5.41) is 6.57. The smallest absolute Gasteiger partial charge is 0.237 e. The second-order valence-electron chi connectivity index (χ2n) is 5.93. The molecule has 1 aliphatic heterocycles. The van der Waals surface area contributed by atoms with E-state index in [0.29, 0.717) is 12.6 Å². The maximum absolute atomic E-state index is 12.2. The molecule has 1 amide bonds. The summed E-state index contributed by atoms with van der Waals surface area (Å²) in [5.74, 6) is 0.884. The van der Waals surface area contributed by atoms with Crippen LogP contribution >= 0.6 is 0 Å². The Morgan fingerprint density at radius 3 is 3.05 bits per heavy atom. The Kier molecular flexibility index (Phi) is 3.60. The minimum atomic E-state index is 0.0216. The molecule has 0 radical (unpaired) electrons. The van der Waals surface area contributed by atoms with Gasteiger partial charge >= 0.3 is 0 Å². The summed E-state index contributed by atoms with van der Waals surface area (Å²) in [4.78, 5) is 12.2. The molecule has 3 atom stereocenters. The Hall–Kier alpha value is -1.29. The molecular formula is C15H23N3O. The molecule has 2 N–H and O–H groups in total. The molecule has 19 heavy (non-hydrogen) atoms. The SMILES string of the molecule is Cn1cccc1CNC(=O)C1CC2CCCCC2N1. The van der Waals surface area contributed by atoms with Crippen molar-refractivity contribution in [3.63, 3.8) is 0 Å². The van der Waals surface area contributed by atoms with Crippen molar-refractivity contribution in [1.82, 2.24) is 15.2 Å². The molecule has 4 nitrogen and oxygen atoms in total. The highest BCUT2D eigenvalue weighted by Crippen LogP contribution is 2.33. The van der Waals surface area contributed by atoms with E-state index in [4.69, 9.17) is 0 Å². The van der Waals surface area contributed by atoms with Crippen molar-refractivity contribution in [3.8, 4) is 0 Å². The molecule has 0 spiro atoms. The zero-order chi connectivity index (χ0) is 13.2. The molecule has 4 heteroatoms. The Bertz CT molecular complexity index is 440. The van der Waals surface area contributed by atoms with Crippen LogP contribution in [-0.2, 0) is 18.4 Å². The molecule has 1 saturated carbocycles. The Balaban J connectivity index is 1.52. The minimum absolute atomic E-state index is 0.0216. The van der Waals surface area contributed by atoms with Crippen LogP contribution in [0.4, 0.5) is 0 Å². The molecule has 2 aliphatic rings. The second kappa shape index (κ2) is 5.37. The van der Waals surface area contributed by atoms with Gasteiger partial charge in [-0.25, -0.2) is 0 Å². The van der Waals surface area contributed by atoms with E-state index < -0.39 is 0 Å². The van der Waals surface area contributed by atoms with E-state index in [1.165, 1.54) is 25.7 Å². The van der Waals surface area contributed by atoms with E-state index in [9.17, 15) is 4.79 Å². The van der Waals surface area contributed by atoms with E-state index in [2.05, 4.69) is 10.6 Å². The van der Waals surface area contributed by atoms with E-state index in [0.717, 1.165) is 18.0 Å². The van der Waals surface area contributed by atoms with Crippen molar-refractivity contribution >= 4 is 5.91 Å². The van der Waals surface area contributed by atoms with Gasteiger partial charge in [0, 0.05) is 25.0 Å². The lowest BCUT2D eigenvalue weighted by atomic mass is 9.85. The van der Waals surface area contributed by atoms with Gasteiger partial charge in [-0.3, -0.25) is 4.79 Å². The topological polar surface area (TPSA) is 46.1 Å². The number of aryl methyl sites for hydroxylation is 1. The van der Waals surface area contributed by atoms with Crippen molar-refractivity contribution < 1.29 is 4.79 Å². The van der Waals surface area contributed by atoms with E-state index in [1.54, 1.807) is 0 Å². The van der Waals surface area contributed by atoms with E-state index in [1.807, 2.05) is 29.9 Å². The average Bonchev–Trinajstić information content (AvgIpc) is 3.01. The number of hydrogen-bond donors (Lipinski definition) is 2. The molecule has 0 aromatic carbocycles. The van der Waals surface area contributed by atoms with Gasteiger partial charge in [0.25, 0.3) is 0 Å². The maximum Gasteiger partial charge on any atom is 0.237 e. The lowest BCUT2D eigenvalue weighted by Gasteiger charge is -2.24. The number of hydrogen-bond acceptors (Lipinski definition) is 2. The van der Waals surface area contributed by atoms with Gasteiger partial charge in [-0.05, 0) is 37.3 Å². The summed E-state index contributed by atoms with van der Waals surface area (Å²) < 4.78 is 2.04. The molecule has 1 aromatic heterocycles. The number of rotatable bonds is 3. The summed E-state index contributed by atoms with van der Waals surface area (Å²) in [5.41, 5.74) is 1.14. The van der Waals surface area contributed by atoms with Crippen LogP contribution < -0.4 is 10.6 Å². The number of amides is 1. The van der Waals surface area contributed by atoms with E-state index >= 15 is 0 Å². The molecular weight excluding hydrogens is 238 g/mol. The van der Waals surface area contributed by atoms with Crippen LogP contribution in [0.5, 0.6) is 0 Å². The maximum atomic E-state index is 12.2. The minimum Gasteiger partial charge on any atom is -0.353 e. The zero-order valence-electron chi connectivity index (χ0n) is 11.6. The van der Waals surface area contributed by atoms with Gasteiger partial charge < -0.3 is 15.2 Å². The average molecular weight is 261 g/mol. The van der Waals surface area contributed by atoms with Gasteiger partial charge in [0.05, 0.1) is 12.6 Å². The second-order valence-corrected chi connectivity index (χ2v) is 5.93. The van der Waals surface area contributed by atoms with Crippen LogP contribution in [0.15, 0.2) is 18.3 Å². The summed E-state index contributed by atoms with van der Waals surface area (Å²) in [6.07, 6.45) is 8.20. The van der Waals surface area contributed by atoms with Crippen LogP contribution in [0.3, 0.4) is 0 Å². The van der Waals surface area contributed by atoms with Gasteiger partial charge in [-0.15, -0.1) is 0 Å². The van der Waals surface area contributed by atoms with Gasteiger partial charge in [0.15, 0.2) is 0 Å². The fourth-order valence-electron chi connectivity index (χ4n) is 3.50. The number of nitrogens with one attached hydrogen (secondary N) is 2. The van der Waals surface area contributed by atoms with Crippen LogP contribution in [0.2, 0.25) is 0 Å². The quantitative estimate of drug-likeness (QED) is 0.867. The number of carbonyl (C=O) groups is 1. The number of fused-ring (bicyclic) bond motifs is 1. The van der Waals surface area contributed by atoms with Crippen LogP contribution in [0, 0.1) is 5.92 Å². The summed E-state index contributed by atoms with van der Waals surface area (Å²) >= 11 is 0. The standard InChI is InChI=1S/C15H23N3O/c1-18-8-4-6-12(18)10-16-15(19)14-9-11-5-2-3-7-13(11)17-14/h4,6,8,11,13-14,17H,2-3,5,7,9-10H2,1H3,(H,16,19). The third kappa shape index (κ3) is 2.68. The Labute approximate surface area is 114 Å². The fraction of sp³-hybridized carbons (Fsp3) is 0.667. The fourth-order valence-corrected chi connectivity index (χ4v) is 3.50. The first-order chi connectivity index (χ1) is 9.24. The highest BCUT2D eigenvalue weighted by atomic mass is 16.2. The summed E-state index contributed by atoms with van der Waals surface area (Å²) in [6, 6.07) is 4.65. The first kappa shape index (κ1) is 12.7. The highest BCUT2D eigenvalue weighted by molar-refractivity contribution is 5.82. The largest absolute Gasteiger partial charge is 0.353 e. The molecule has 3 unspecified atom stereocenters. The molecule has 3 rings (SSSR count). The van der Waals surface area contributed by atoms with Crippen molar-refractivity contribution in [2.24, 2.45) is 13.0 Å². The third-order valence-corrected chi connectivity index (χ3v) is 4.67. The normalized spacial score (nSPS) is 30.1. The first-order valence-electron chi connectivity index (χ1n) is 7.38. The number of aromatic nitrogens is 1. The molecule has 104 valence electrons. The Morgan fingerprint density at radius 2 is 2.32 bits per heavy atom. The molecule has 1 saturated heterocycles. The van der Waals surface area contributed by atoms with E-state index in [-0.39, 0.29) is 11.9 Å². The predicted octanol–water partition coefficient (Wildman–Crippen LogP) is 1.56. The van der Waals surface area contributed by atoms with Gasteiger partial charge in [-0.2, -0.15) is 0 Å². The van der Waals surface area contributed by atoms with Crippen molar-refractivity contribution in [2.75, 3.05) is 0 Å². The van der Waals surface area contributed by atoms with Gasteiger partial charge in [-0.1, -0.05) is 12.8 Å². The van der Waals surface area contributed by atoms with Crippen molar-refractivity contribution in [2.45, 2.75) is 50.7 Å². The molecule has 1 aromatic rings. The van der Waals surface area contributed by atoms with Crippen LogP contribution in [0.1, 0.15) is 37.8 Å². The lowest BCUT2D eigenvalue weighted by molar-refractivity contribution is -0.123. The van der Waals surface area contributed by atoms with Crippen molar-refractivity contribution in [1.29, 1.82) is 0 Å². The predicted molar refractivity (Wildman–Crippen MR) is 74.5 cm³/mol. The van der Waals surface area contributed by atoms with Crippen LogP contribution in [-0.4, -0.2) is 22.6 Å². The number of carbonyl (C=O) groups excluding carboxylic acids is 1. The highest BCUT2D eigenvalue weighted by Gasteiger charge is 2.37. The molecule has 2 heterocycles. The third-order valence-electron chi connectivity index (χ3n) is 4.67. The lowest BCUT2D eigenvalue weighted by Crippen LogP contribution is -2.43. The Morgan fingerprint density at radius 1 is 1.47 bits per heavy atom. The monoisotopic (exact) mass is 261 g/mol. The zero-order valence-corrected chi connectivity index (χ0v) is 11.6. The van der Waals surface area contributed by atoms with Gasteiger partial charge in [0.1, 0.15) is 0 Å². The molecule has 0 bridgehead atoms. The molecule has 1 aliphatic carbocycles. The van der Waals surface area contributed by atoms with Gasteiger partial charge in [0.2, 0.25) is 5.91 Å².